The minimum absolute atomic E-state index is 0.0315. The van der Waals surface area contributed by atoms with E-state index in [9.17, 15) is 17.2 Å². The van der Waals surface area contributed by atoms with E-state index in [4.69, 9.17) is 17.3 Å². The number of anilines is 2. The van der Waals surface area contributed by atoms with Gasteiger partial charge in [0.05, 0.1) is 10.7 Å². The number of rotatable bonds is 5. The Kier molecular flexibility index (Phi) is 4.55. The van der Waals surface area contributed by atoms with Gasteiger partial charge >= 0.3 is 6.61 Å². The summed E-state index contributed by atoms with van der Waals surface area (Å²) in [5, 5.41) is 1.35. The van der Waals surface area contributed by atoms with Crippen molar-refractivity contribution in [1.82, 2.24) is 0 Å². The first-order chi connectivity index (χ1) is 9.78. The molecule has 0 fully saturated rings. The van der Waals surface area contributed by atoms with Crippen LogP contribution in [0.25, 0.3) is 0 Å². The molecule has 0 saturated carbocycles. The van der Waals surface area contributed by atoms with Gasteiger partial charge in [0.25, 0.3) is 10.0 Å². The summed E-state index contributed by atoms with van der Waals surface area (Å²) in [6.07, 6.45) is 0. The van der Waals surface area contributed by atoms with Crippen LogP contribution in [0.4, 0.5) is 20.2 Å². The van der Waals surface area contributed by atoms with Gasteiger partial charge in [-0.05, 0) is 24.3 Å². The molecule has 1 aromatic heterocycles. The van der Waals surface area contributed by atoms with Crippen molar-refractivity contribution in [1.29, 1.82) is 0 Å². The van der Waals surface area contributed by atoms with Crippen molar-refractivity contribution >= 4 is 44.3 Å². The van der Waals surface area contributed by atoms with Gasteiger partial charge in [0, 0.05) is 11.1 Å². The van der Waals surface area contributed by atoms with Gasteiger partial charge in [0.1, 0.15) is 9.96 Å². The number of benzene rings is 1. The van der Waals surface area contributed by atoms with Gasteiger partial charge < -0.3 is 10.5 Å². The zero-order valence-corrected chi connectivity index (χ0v) is 12.6. The second-order valence-electron chi connectivity index (χ2n) is 3.83. The number of nitrogen functional groups attached to an aromatic ring is 1. The highest BCUT2D eigenvalue weighted by molar-refractivity contribution is 7.94. The molecule has 0 amide bonds. The molecule has 0 bridgehead atoms. The van der Waals surface area contributed by atoms with Crippen LogP contribution in [0, 0.1) is 0 Å². The van der Waals surface area contributed by atoms with Crippen molar-refractivity contribution in [2.45, 2.75) is 10.8 Å². The summed E-state index contributed by atoms with van der Waals surface area (Å²) < 4.78 is 54.7. The molecule has 114 valence electrons. The maximum Gasteiger partial charge on any atom is 0.387 e. The monoisotopic (exact) mass is 354 g/mol. The van der Waals surface area contributed by atoms with Gasteiger partial charge in [-0.1, -0.05) is 11.6 Å². The van der Waals surface area contributed by atoms with Gasteiger partial charge in [-0.25, -0.2) is 8.42 Å². The van der Waals surface area contributed by atoms with Crippen molar-refractivity contribution < 1.29 is 21.9 Å². The van der Waals surface area contributed by atoms with Crippen molar-refractivity contribution in [2.75, 3.05) is 10.5 Å². The van der Waals surface area contributed by atoms with E-state index in [2.05, 4.69) is 9.46 Å². The average Bonchev–Trinajstić information content (AvgIpc) is 2.79. The number of ether oxygens (including phenoxy) is 1. The van der Waals surface area contributed by atoms with Gasteiger partial charge in [-0.15, -0.1) is 11.3 Å². The maximum atomic E-state index is 12.1. The Hall–Kier alpha value is -1.58. The smallest absolute Gasteiger partial charge is 0.387 e. The predicted molar refractivity (Wildman–Crippen MR) is 77.6 cm³/mol. The molecule has 5 nitrogen and oxygen atoms in total. The molecule has 0 radical (unpaired) electrons. The van der Waals surface area contributed by atoms with E-state index in [0.29, 0.717) is 5.69 Å². The predicted octanol–water partition coefficient (Wildman–Crippen LogP) is 3.39. The van der Waals surface area contributed by atoms with Crippen LogP contribution in [-0.4, -0.2) is 15.0 Å². The maximum absolute atomic E-state index is 12.1. The molecule has 21 heavy (non-hydrogen) atoms. The summed E-state index contributed by atoms with van der Waals surface area (Å²) in [4.78, 5) is 0. The Balaban J connectivity index is 2.22. The number of hydrogen-bond donors (Lipinski definition) is 2. The lowest BCUT2D eigenvalue weighted by Gasteiger charge is -2.10. The Morgan fingerprint density at radius 2 is 2.05 bits per heavy atom. The molecular formula is C11H9ClF2N2O3S2. The van der Waals surface area contributed by atoms with Crippen LogP contribution in [0.5, 0.6) is 5.75 Å². The number of alkyl halides is 2. The number of nitrogens with two attached hydrogens (primary N) is 1. The Morgan fingerprint density at radius 3 is 2.57 bits per heavy atom. The molecule has 2 rings (SSSR count). The summed E-state index contributed by atoms with van der Waals surface area (Å²) in [6.45, 7) is -3.01. The third kappa shape index (κ3) is 3.96. The topological polar surface area (TPSA) is 81.4 Å². The minimum Gasteiger partial charge on any atom is -0.433 e. The van der Waals surface area contributed by atoms with Crippen molar-refractivity contribution in [3.8, 4) is 5.75 Å². The van der Waals surface area contributed by atoms with Gasteiger partial charge in [-0.3, -0.25) is 4.72 Å². The third-order valence-corrected chi connectivity index (χ3v) is 5.40. The molecule has 0 saturated heterocycles. The minimum atomic E-state index is -3.80. The van der Waals surface area contributed by atoms with Crippen molar-refractivity contribution in [2.24, 2.45) is 0 Å². The van der Waals surface area contributed by atoms with E-state index in [0.717, 1.165) is 17.4 Å². The summed E-state index contributed by atoms with van der Waals surface area (Å²) in [6, 6.07) is 4.89. The molecule has 1 heterocycles. The number of halogens is 3. The molecule has 0 aliphatic heterocycles. The zero-order chi connectivity index (χ0) is 15.6. The highest BCUT2D eigenvalue weighted by atomic mass is 35.5. The third-order valence-electron chi connectivity index (χ3n) is 2.26. The molecule has 0 aliphatic carbocycles. The lowest BCUT2D eigenvalue weighted by Crippen LogP contribution is -2.11. The van der Waals surface area contributed by atoms with Crippen molar-refractivity contribution in [3.63, 3.8) is 0 Å². The lowest BCUT2D eigenvalue weighted by atomic mass is 10.3. The Labute approximate surface area is 128 Å². The first kappa shape index (κ1) is 15.8. The van der Waals surface area contributed by atoms with Crippen LogP contribution in [0.3, 0.4) is 0 Å². The quantitative estimate of drug-likeness (QED) is 0.862. The molecule has 3 N–H and O–H groups in total. The fourth-order valence-corrected chi connectivity index (χ4v) is 3.79. The molecule has 0 atom stereocenters. The second-order valence-corrected chi connectivity index (χ2v) is 7.06. The van der Waals surface area contributed by atoms with E-state index in [1.165, 1.54) is 23.6 Å². The van der Waals surface area contributed by atoms with E-state index in [1.807, 2.05) is 0 Å². The van der Waals surface area contributed by atoms with Crippen LogP contribution in [0.2, 0.25) is 5.02 Å². The van der Waals surface area contributed by atoms with E-state index < -0.39 is 16.6 Å². The van der Waals surface area contributed by atoms with E-state index >= 15 is 0 Å². The van der Waals surface area contributed by atoms with Crippen LogP contribution < -0.4 is 15.2 Å². The Morgan fingerprint density at radius 1 is 1.33 bits per heavy atom. The van der Waals surface area contributed by atoms with Gasteiger partial charge in [0.15, 0.2) is 0 Å². The highest BCUT2D eigenvalue weighted by Crippen LogP contribution is 2.30. The number of nitrogens with one attached hydrogen (secondary N) is 1. The fourth-order valence-electron chi connectivity index (χ4n) is 1.43. The molecular weight excluding hydrogens is 346 g/mol. The fraction of sp³-hybridized carbons (Fsp3) is 0.0909. The molecule has 2 aromatic rings. The van der Waals surface area contributed by atoms with Crippen LogP contribution in [0.1, 0.15) is 0 Å². The molecule has 10 heteroatoms. The normalized spacial score (nSPS) is 11.6. The standard InChI is InChI=1S/C11H9ClF2N2O3S2/c12-8-4-7(1-2-9(8)19-11(13)14)16-21(17,18)10-3-6(15)5-20-10/h1-5,11,16H,15H2. The second kappa shape index (κ2) is 6.04. The first-order valence-electron chi connectivity index (χ1n) is 5.39. The molecule has 1 aromatic carbocycles. The van der Waals surface area contributed by atoms with Crippen LogP contribution in [-0.2, 0) is 10.0 Å². The van der Waals surface area contributed by atoms with Crippen molar-refractivity contribution in [3.05, 3.63) is 34.7 Å². The first-order valence-corrected chi connectivity index (χ1v) is 8.13. The SMILES string of the molecule is Nc1csc(S(=O)(=O)Nc2ccc(OC(F)F)c(Cl)c2)c1. The van der Waals surface area contributed by atoms with E-state index in [-0.39, 0.29) is 20.7 Å². The summed E-state index contributed by atoms with van der Waals surface area (Å²) >= 11 is 6.70. The largest absolute Gasteiger partial charge is 0.433 e. The number of thiophene rings is 1. The molecule has 0 unspecified atom stereocenters. The molecule has 0 aliphatic rings. The van der Waals surface area contributed by atoms with Crippen LogP contribution >= 0.6 is 22.9 Å². The lowest BCUT2D eigenvalue weighted by molar-refractivity contribution is -0.0497. The van der Waals surface area contributed by atoms with Gasteiger partial charge in [-0.2, -0.15) is 8.78 Å². The van der Waals surface area contributed by atoms with Crippen LogP contribution in [0.15, 0.2) is 33.9 Å². The summed E-state index contributed by atoms with van der Waals surface area (Å²) in [7, 11) is -3.80. The van der Waals surface area contributed by atoms with E-state index in [1.54, 1.807) is 0 Å². The average molecular weight is 355 g/mol. The number of hydrogen-bond acceptors (Lipinski definition) is 5. The number of sulfonamides is 1. The Bertz CT molecular complexity index is 750. The zero-order valence-electron chi connectivity index (χ0n) is 10.2. The highest BCUT2D eigenvalue weighted by Gasteiger charge is 2.17. The van der Waals surface area contributed by atoms with Gasteiger partial charge in [0.2, 0.25) is 0 Å². The molecule has 0 spiro atoms. The summed E-state index contributed by atoms with van der Waals surface area (Å²) in [5.74, 6) is -0.241. The summed E-state index contributed by atoms with van der Waals surface area (Å²) in [5.41, 5.74) is 5.92.